The fourth-order valence-electron chi connectivity index (χ4n) is 5.14. The van der Waals surface area contributed by atoms with E-state index in [0.29, 0.717) is 12.1 Å². The Kier molecular flexibility index (Phi) is 6.83. The van der Waals surface area contributed by atoms with Gasteiger partial charge in [-0.25, -0.2) is 4.98 Å². The highest BCUT2D eigenvalue weighted by molar-refractivity contribution is 5.43. The van der Waals surface area contributed by atoms with Gasteiger partial charge in [-0.05, 0) is 44.6 Å². The summed E-state index contributed by atoms with van der Waals surface area (Å²) in [7, 11) is 0. The standard InChI is InChI=1S/C22H37N5/c1-2-9-17-27(16-8-1)21-14-15-23-22(26-21)25-20-13-7-6-12-19(20)24-18-10-4-3-5-11-18/h14-15,18-20,24H,1-13,16-17H2,(H,23,25,26)/t19-,20-/m1/s1. The summed E-state index contributed by atoms with van der Waals surface area (Å²) in [6, 6.07) is 3.82. The Morgan fingerprint density at radius 2 is 1.44 bits per heavy atom. The summed E-state index contributed by atoms with van der Waals surface area (Å²) in [5, 5.41) is 7.69. The van der Waals surface area contributed by atoms with Crippen LogP contribution in [-0.2, 0) is 0 Å². The summed E-state index contributed by atoms with van der Waals surface area (Å²) in [4.78, 5) is 11.9. The molecule has 0 aromatic carbocycles. The number of aromatic nitrogens is 2. The van der Waals surface area contributed by atoms with E-state index in [1.165, 1.54) is 83.5 Å². The van der Waals surface area contributed by atoms with Crippen LogP contribution in [0, 0.1) is 0 Å². The van der Waals surface area contributed by atoms with Gasteiger partial charge < -0.3 is 15.5 Å². The number of hydrogen-bond donors (Lipinski definition) is 2. The smallest absolute Gasteiger partial charge is 0.224 e. The van der Waals surface area contributed by atoms with Gasteiger partial charge in [-0.2, -0.15) is 4.98 Å². The second kappa shape index (κ2) is 9.72. The molecule has 1 aliphatic heterocycles. The third-order valence-corrected chi connectivity index (χ3v) is 6.71. The number of nitrogens with zero attached hydrogens (tertiary/aromatic N) is 3. The van der Waals surface area contributed by atoms with Gasteiger partial charge in [0, 0.05) is 37.4 Å². The van der Waals surface area contributed by atoms with Gasteiger partial charge in [0.25, 0.3) is 0 Å². The van der Waals surface area contributed by atoms with Crippen LogP contribution in [0.5, 0.6) is 0 Å². The van der Waals surface area contributed by atoms with Crippen molar-refractivity contribution >= 4 is 11.8 Å². The molecule has 2 saturated carbocycles. The molecule has 2 N–H and O–H groups in total. The zero-order valence-electron chi connectivity index (χ0n) is 16.8. The minimum absolute atomic E-state index is 0.458. The van der Waals surface area contributed by atoms with E-state index in [-0.39, 0.29) is 0 Å². The highest BCUT2D eigenvalue weighted by atomic mass is 15.2. The summed E-state index contributed by atoms with van der Waals surface area (Å²) < 4.78 is 0. The molecule has 27 heavy (non-hydrogen) atoms. The van der Waals surface area contributed by atoms with Gasteiger partial charge in [-0.3, -0.25) is 0 Å². The number of hydrogen-bond acceptors (Lipinski definition) is 5. The molecule has 0 unspecified atom stereocenters. The lowest BCUT2D eigenvalue weighted by molar-refractivity contribution is 0.275. The van der Waals surface area contributed by atoms with Crippen LogP contribution >= 0.6 is 0 Å². The maximum atomic E-state index is 4.89. The van der Waals surface area contributed by atoms with Gasteiger partial charge in [0.05, 0.1) is 0 Å². The topological polar surface area (TPSA) is 53.1 Å². The molecule has 2 heterocycles. The summed E-state index contributed by atoms with van der Waals surface area (Å²) >= 11 is 0. The maximum absolute atomic E-state index is 4.89. The van der Waals surface area contributed by atoms with Crippen LogP contribution in [0.2, 0.25) is 0 Å². The minimum atomic E-state index is 0.458. The van der Waals surface area contributed by atoms with Crippen molar-refractivity contribution in [2.24, 2.45) is 0 Å². The lowest BCUT2D eigenvalue weighted by Gasteiger charge is -2.37. The zero-order chi connectivity index (χ0) is 18.3. The van der Waals surface area contributed by atoms with Crippen LogP contribution in [0.25, 0.3) is 0 Å². The summed E-state index contributed by atoms with van der Waals surface area (Å²) in [6.45, 7) is 2.26. The van der Waals surface area contributed by atoms with E-state index in [0.717, 1.165) is 30.9 Å². The van der Waals surface area contributed by atoms with E-state index in [2.05, 4.69) is 26.6 Å². The Labute approximate surface area is 164 Å². The second-order valence-corrected chi connectivity index (χ2v) is 8.78. The fourth-order valence-corrected chi connectivity index (χ4v) is 5.14. The summed E-state index contributed by atoms with van der Waals surface area (Å²) in [5.41, 5.74) is 0. The molecule has 1 aromatic rings. The van der Waals surface area contributed by atoms with E-state index < -0.39 is 0 Å². The first-order chi connectivity index (χ1) is 13.4. The minimum Gasteiger partial charge on any atom is -0.356 e. The van der Waals surface area contributed by atoms with Crippen molar-refractivity contribution in [3.05, 3.63) is 12.3 Å². The first-order valence-corrected chi connectivity index (χ1v) is 11.5. The van der Waals surface area contributed by atoms with Crippen molar-refractivity contribution in [3.63, 3.8) is 0 Å². The van der Waals surface area contributed by atoms with Crippen molar-refractivity contribution in [1.29, 1.82) is 0 Å². The number of anilines is 2. The first kappa shape index (κ1) is 19.0. The maximum Gasteiger partial charge on any atom is 0.224 e. The first-order valence-electron chi connectivity index (χ1n) is 11.5. The molecule has 1 saturated heterocycles. The Balaban J connectivity index is 1.39. The van der Waals surface area contributed by atoms with Crippen LogP contribution in [0.4, 0.5) is 11.8 Å². The lowest BCUT2D eigenvalue weighted by Crippen LogP contribution is -2.50. The predicted molar refractivity (Wildman–Crippen MR) is 112 cm³/mol. The molecule has 1 aromatic heterocycles. The quantitative estimate of drug-likeness (QED) is 0.798. The molecular formula is C22H37N5. The van der Waals surface area contributed by atoms with E-state index in [1.807, 2.05) is 6.20 Å². The fraction of sp³-hybridized carbons (Fsp3) is 0.818. The summed E-state index contributed by atoms with van der Waals surface area (Å²) in [5.74, 6) is 1.92. The van der Waals surface area contributed by atoms with Crippen LogP contribution in [0.15, 0.2) is 12.3 Å². The molecule has 2 atom stereocenters. The van der Waals surface area contributed by atoms with E-state index in [9.17, 15) is 0 Å². The Morgan fingerprint density at radius 1 is 0.778 bits per heavy atom. The average Bonchev–Trinajstić information content (AvgIpc) is 3.00. The van der Waals surface area contributed by atoms with Crippen molar-refractivity contribution in [2.45, 2.75) is 102 Å². The largest absolute Gasteiger partial charge is 0.356 e. The van der Waals surface area contributed by atoms with Crippen LogP contribution in [0.1, 0.15) is 83.5 Å². The van der Waals surface area contributed by atoms with Gasteiger partial charge in [-0.1, -0.05) is 44.9 Å². The monoisotopic (exact) mass is 371 g/mol. The highest BCUT2D eigenvalue weighted by Crippen LogP contribution is 2.25. The van der Waals surface area contributed by atoms with E-state index in [4.69, 9.17) is 4.98 Å². The molecule has 150 valence electrons. The molecule has 0 amide bonds. The van der Waals surface area contributed by atoms with Gasteiger partial charge in [-0.15, -0.1) is 0 Å². The van der Waals surface area contributed by atoms with Gasteiger partial charge in [0.2, 0.25) is 5.95 Å². The van der Waals surface area contributed by atoms with Crippen LogP contribution in [-0.4, -0.2) is 41.2 Å². The molecule has 2 aliphatic carbocycles. The van der Waals surface area contributed by atoms with Crippen molar-refractivity contribution in [2.75, 3.05) is 23.3 Å². The number of nitrogens with one attached hydrogen (secondary N) is 2. The average molecular weight is 372 g/mol. The molecule has 0 radical (unpaired) electrons. The molecule has 0 spiro atoms. The lowest BCUT2D eigenvalue weighted by atomic mass is 9.87. The van der Waals surface area contributed by atoms with Gasteiger partial charge in [0.1, 0.15) is 5.82 Å². The summed E-state index contributed by atoms with van der Waals surface area (Å²) in [6.07, 6.45) is 19.3. The van der Waals surface area contributed by atoms with Crippen LogP contribution in [0.3, 0.4) is 0 Å². The highest BCUT2D eigenvalue weighted by Gasteiger charge is 2.28. The van der Waals surface area contributed by atoms with Gasteiger partial charge >= 0.3 is 0 Å². The van der Waals surface area contributed by atoms with Crippen molar-refractivity contribution < 1.29 is 0 Å². The van der Waals surface area contributed by atoms with Crippen molar-refractivity contribution in [1.82, 2.24) is 15.3 Å². The Bertz CT molecular complexity index is 564. The Hall–Kier alpha value is -1.36. The zero-order valence-corrected chi connectivity index (χ0v) is 16.8. The normalized spacial score (nSPS) is 27.9. The third-order valence-electron chi connectivity index (χ3n) is 6.71. The van der Waals surface area contributed by atoms with Gasteiger partial charge in [0.15, 0.2) is 0 Å². The van der Waals surface area contributed by atoms with Crippen molar-refractivity contribution in [3.8, 4) is 0 Å². The molecular weight excluding hydrogens is 334 g/mol. The molecule has 5 heteroatoms. The van der Waals surface area contributed by atoms with E-state index in [1.54, 1.807) is 0 Å². The number of rotatable bonds is 5. The molecule has 0 bridgehead atoms. The molecule has 3 fully saturated rings. The molecule has 5 nitrogen and oxygen atoms in total. The molecule has 4 rings (SSSR count). The molecule has 3 aliphatic rings. The Morgan fingerprint density at radius 3 is 2.22 bits per heavy atom. The predicted octanol–water partition coefficient (Wildman–Crippen LogP) is 4.50. The van der Waals surface area contributed by atoms with Crippen LogP contribution < -0.4 is 15.5 Å². The second-order valence-electron chi connectivity index (χ2n) is 8.78. The SMILES string of the molecule is c1cc(N2CCCCCC2)nc(N[C@@H]2CCCC[C@H]2NC2CCCCC2)n1. The third kappa shape index (κ3) is 5.34. The van der Waals surface area contributed by atoms with E-state index >= 15 is 0 Å².